The van der Waals surface area contributed by atoms with Crippen molar-refractivity contribution in [3.63, 3.8) is 0 Å². The van der Waals surface area contributed by atoms with Gasteiger partial charge in [-0.1, -0.05) is 18.2 Å². The van der Waals surface area contributed by atoms with Crippen LogP contribution in [0.5, 0.6) is 23.0 Å². The van der Waals surface area contributed by atoms with Crippen LogP contribution in [0.1, 0.15) is 11.1 Å². The fourth-order valence-corrected chi connectivity index (χ4v) is 3.71. The second-order valence-corrected chi connectivity index (χ2v) is 7.59. The largest absolute Gasteiger partial charge is 0.495 e. The average molecular weight is 469 g/mol. The zero-order valence-electron chi connectivity index (χ0n) is 18.7. The molecule has 0 heterocycles. The van der Waals surface area contributed by atoms with Crippen LogP contribution in [0.3, 0.4) is 0 Å². The molecule has 0 radical (unpaired) electrons. The van der Waals surface area contributed by atoms with Crippen molar-refractivity contribution in [1.82, 2.24) is 0 Å². The van der Waals surface area contributed by atoms with Crippen LogP contribution in [0, 0.1) is 10.1 Å². The van der Waals surface area contributed by atoms with Crippen LogP contribution in [0.2, 0.25) is 0 Å². The molecule has 9 heteroatoms. The van der Waals surface area contributed by atoms with Gasteiger partial charge >= 0.3 is 0 Å². The summed E-state index contributed by atoms with van der Waals surface area (Å²) in [6, 6.07) is 15.8. The van der Waals surface area contributed by atoms with Gasteiger partial charge in [0.15, 0.2) is 11.5 Å². The summed E-state index contributed by atoms with van der Waals surface area (Å²) in [6.07, 6.45) is 3.90. The van der Waals surface area contributed by atoms with E-state index in [1.165, 1.54) is 24.1 Å². The van der Waals surface area contributed by atoms with Crippen LogP contribution in [0.15, 0.2) is 59.5 Å². The molecule has 33 heavy (non-hydrogen) atoms. The number of nitro benzene ring substituents is 1. The molecular weight excluding hydrogens is 444 g/mol. The molecule has 0 aromatic heterocycles. The predicted molar refractivity (Wildman–Crippen MR) is 131 cm³/mol. The first-order chi connectivity index (χ1) is 16.0. The molecule has 1 N–H and O–H groups in total. The van der Waals surface area contributed by atoms with Crippen molar-refractivity contribution in [3.8, 4) is 23.0 Å². The molecule has 3 rings (SSSR count). The van der Waals surface area contributed by atoms with E-state index >= 15 is 0 Å². The maximum absolute atomic E-state index is 10.8. The number of hydrogen-bond acceptors (Lipinski definition) is 8. The maximum Gasteiger partial charge on any atom is 0.269 e. The molecule has 3 aromatic rings. The van der Waals surface area contributed by atoms with Gasteiger partial charge in [-0.3, -0.25) is 10.1 Å². The van der Waals surface area contributed by atoms with Gasteiger partial charge in [0.2, 0.25) is 5.75 Å². The standard InChI is InChI=1S/C24H24N2O6S/c1-29-21-12-7-16(5-6-17-14-22(30-2)24(32-4)23(15-17)31-3)13-20(21)25-33-19-10-8-18(9-11-19)26(27)28/h5-15,25H,1-4H3/b6-5-. The lowest BCUT2D eigenvalue weighted by atomic mass is 10.1. The molecule has 0 fully saturated rings. The number of nitrogens with one attached hydrogen (secondary N) is 1. The van der Waals surface area contributed by atoms with Gasteiger partial charge in [0.05, 0.1) is 39.0 Å². The SMILES string of the molecule is COc1ccc(/C=C\c2cc(OC)c(OC)c(OC)c2)cc1NSc1ccc([N+](=O)[O-])cc1. The number of nitro groups is 1. The Labute approximate surface area is 196 Å². The highest BCUT2D eigenvalue weighted by molar-refractivity contribution is 8.00. The fourth-order valence-electron chi connectivity index (χ4n) is 3.05. The number of ether oxygens (including phenoxy) is 4. The highest BCUT2D eigenvalue weighted by Crippen LogP contribution is 2.39. The number of benzene rings is 3. The zero-order chi connectivity index (χ0) is 23.8. The summed E-state index contributed by atoms with van der Waals surface area (Å²) >= 11 is 1.34. The molecule has 0 aliphatic carbocycles. The first-order valence-electron chi connectivity index (χ1n) is 9.82. The summed E-state index contributed by atoms with van der Waals surface area (Å²) in [7, 11) is 6.32. The van der Waals surface area contributed by atoms with Gasteiger partial charge in [-0.15, -0.1) is 0 Å². The van der Waals surface area contributed by atoms with Crippen LogP contribution in [0.25, 0.3) is 12.2 Å². The van der Waals surface area contributed by atoms with Gasteiger partial charge in [-0.25, -0.2) is 0 Å². The minimum atomic E-state index is -0.422. The highest BCUT2D eigenvalue weighted by atomic mass is 32.2. The summed E-state index contributed by atoms with van der Waals surface area (Å²) in [4.78, 5) is 11.2. The van der Waals surface area contributed by atoms with Crippen LogP contribution in [0.4, 0.5) is 11.4 Å². The predicted octanol–water partition coefficient (Wildman–Crippen LogP) is 5.92. The van der Waals surface area contributed by atoms with Crippen molar-refractivity contribution in [2.75, 3.05) is 33.2 Å². The molecule has 172 valence electrons. The number of rotatable bonds is 10. The molecule has 3 aromatic carbocycles. The van der Waals surface area contributed by atoms with Crippen LogP contribution >= 0.6 is 11.9 Å². The van der Waals surface area contributed by atoms with Gasteiger partial charge in [-0.05, 0) is 59.5 Å². The maximum atomic E-state index is 10.8. The van der Waals surface area contributed by atoms with Crippen molar-refractivity contribution >= 4 is 35.5 Å². The third-order valence-corrected chi connectivity index (χ3v) is 5.54. The van der Waals surface area contributed by atoms with E-state index < -0.39 is 4.92 Å². The Morgan fingerprint density at radius 1 is 0.788 bits per heavy atom. The third kappa shape index (κ3) is 5.89. The van der Waals surface area contributed by atoms with Gasteiger partial charge in [0.25, 0.3) is 5.69 Å². The van der Waals surface area contributed by atoms with E-state index in [0.29, 0.717) is 23.0 Å². The lowest BCUT2D eigenvalue weighted by Gasteiger charge is -2.13. The van der Waals surface area contributed by atoms with Crippen LogP contribution in [-0.4, -0.2) is 33.4 Å². The molecule has 0 bridgehead atoms. The van der Waals surface area contributed by atoms with E-state index in [4.69, 9.17) is 18.9 Å². The molecule has 0 aliphatic rings. The minimum absolute atomic E-state index is 0.0517. The quantitative estimate of drug-likeness (QED) is 0.170. The monoisotopic (exact) mass is 468 g/mol. The summed E-state index contributed by atoms with van der Waals surface area (Å²) in [5.41, 5.74) is 2.65. The summed E-state index contributed by atoms with van der Waals surface area (Å²) < 4.78 is 24.9. The second-order valence-electron chi connectivity index (χ2n) is 6.71. The number of hydrogen-bond donors (Lipinski definition) is 1. The number of anilines is 1. The summed E-state index contributed by atoms with van der Waals surface area (Å²) in [6.45, 7) is 0. The number of non-ortho nitro benzene ring substituents is 1. The molecule has 0 aliphatic heterocycles. The molecule has 0 saturated carbocycles. The Morgan fingerprint density at radius 2 is 1.39 bits per heavy atom. The summed E-state index contributed by atoms with van der Waals surface area (Å²) in [5, 5.41) is 10.8. The molecule has 0 saturated heterocycles. The Kier molecular flexibility index (Phi) is 8.04. The van der Waals surface area contributed by atoms with E-state index in [-0.39, 0.29) is 5.69 Å². The highest BCUT2D eigenvalue weighted by Gasteiger charge is 2.12. The zero-order valence-corrected chi connectivity index (χ0v) is 19.5. The Balaban J connectivity index is 1.80. The van der Waals surface area contributed by atoms with Crippen molar-refractivity contribution in [3.05, 3.63) is 75.8 Å². The van der Waals surface area contributed by atoms with E-state index in [9.17, 15) is 10.1 Å². The smallest absolute Gasteiger partial charge is 0.269 e. The van der Waals surface area contributed by atoms with E-state index in [1.54, 1.807) is 40.6 Å². The lowest BCUT2D eigenvalue weighted by Crippen LogP contribution is -1.95. The van der Waals surface area contributed by atoms with Gasteiger partial charge in [0.1, 0.15) is 5.75 Å². The van der Waals surface area contributed by atoms with Crippen LogP contribution in [-0.2, 0) is 0 Å². The lowest BCUT2D eigenvalue weighted by molar-refractivity contribution is -0.384. The molecular formula is C24H24N2O6S. The molecule has 0 unspecified atom stereocenters. The van der Waals surface area contributed by atoms with Gasteiger partial charge < -0.3 is 23.7 Å². The Morgan fingerprint density at radius 3 is 1.94 bits per heavy atom. The fraction of sp³-hybridized carbons (Fsp3) is 0.167. The summed E-state index contributed by atoms with van der Waals surface area (Å²) in [5.74, 6) is 2.37. The number of methoxy groups -OCH3 is 4. The van der Waals surface area contributed by atoms with Crippen LogP contribution < -0.4 is 23.7 Å². The van der Waals surface area contributed by atoms with Gasteiger partial charge in [0, 0.05) is 17.0 Å². The normalized spacial score (nSPS) is 10.7. The first kappa shape index (κ1) is 23.8. The topological polar surface area (TPSA) is 92.1 Å². The van der Waals surface area contributed by atoms with E-state index in [1.807, 2.05) is 42.5 Å². The van der Waals surface area contributed by atoms with Gasteiger partial charge in [-0.2, -0.15) is 0 Å². The molecule has 8 nitrogen and oxygen atoms in total. The van der Waals surface area contributed by atoms with Crippen molar-refractivity contribution in [2.24, 2.45) is 0 Å². The average Bonchev–Trinajstić information content (AvgIpc) is 2.85. The minimum Gasteiger partial charge on any atom is -0.495 e. The van der Waals surface area contributed by atoms with E-state index in [0.717, 1.165) is 21.7 Å². The van der Waals surface area contributed by atoms with Crippen molar-refractivity contribution in [2.45, 2.75) is 4.90 Å². The molecule has 0 atom stereocenters. The van der Waals surface area contributed by atoms with Crippen molar-refractivity contribution in [1.29, 1.82) is 0 Å². The second kappa shape index (κ2) is 11.1. The Bertz CT molecular complexity index is 1120. The van der Waals surface area contributed by atoms with Crippen molar-refractivity contribution < 1.29 is 23.9 Å². The number of nitrogens with zero attached hydrogens (tertiary/aromatic N) is 1. The third-order valence-electron chi connectivity index (χ3n) is 4.71. The first-order valence-corrected chi connectivity index (χ1v) is 10.6. The molecule has 0 amide bonds. The Hall–Kier alpha value is -3.85. The van der Waals surface area contributed by atoms with E-state index in [2.05, 4.69) is 4.72 Å². The molecule has 0 spiro atoms.